The fraction of sp³-hybridized carbons (Fsp3) is 0.333. The fourth-order valence-electron chi connectivity index (χ4n) is 2.80. The lowest BCUT2D eigenvalue weighted by Gasteiger charge is -2.24. The van der Waals surface area contributed by atoms with Gasteiger partial charge in [-0.2, -0.15) is 0 Å². The highest BCUT2D eigenvalue weighted by atomic mass is 14.9. The van der Waals surface area contributed by atoms with Gasteiger partial charge in [0.15, 0.2) is 0 Å². The molecule has 1 nitrogen and oxygen atoms in total. The molecule has 1 unspecified atom stereocenters. The van der Waals surface area contributed by atoms with E-state index in [1.165, 1.54) is 40.8 Å². The first-order chi connectivity index (χ1) is 9.26. The molecule has 1 N–H and O–H groups in total. The molecule has 0 radical (unpaired) electrons. The average molecular weight is 251 g/mol. The van der Waals surface area contributed by atoms with Gasteiger partial charge in [-0.25, -0.2) is 0 Å². The van der Waals surface area contributed by atoms with Crippen LogP contribution in [0.1, 0.15) is 31.4 Å². The van der Waals surface area contributed by atoms with Crippen molar-refractivity contribution in [3.8, 4) is 11.1 Å². The van der Waals surface area contributed by atoms with E-state index in [9.17, 15) is 0 Å². The number of hydrogen-bond donors (Lipinski definition) is 1. The van der Waals surface area contributed by atoms with Crippen molar-refractivity contribution < 1.29 is 0 Å². The van der Waals surface area contributed by atoms with E-state index >= 15 is 0 Å². The third kappa shape index (κ3) is 2.51. The molecule has 0 spiro atoms. The molecule has 0 aliphatic carbocycles. The molecule has 0 amide bonds. The molecule has 1 heterocycles. The monoisotopic (exact) mass is 251 g/mol. The number of fused-ring (bicyclic) bond motifs is 1. The van der Waals surface area contributed by atoms with Crippen molar-refractivity contribution in [3.05, 3.63) is 53.6 Å². The van der Waals surface area contributed by atoms with Gasteiger partial charge in [-0.1, -0.05) is 37.3 Å². The van der Waals surface area contributed by atoms with Crippen LogP contribution in [0.4, 0.5) is 5.69 Å². The standard InChI is InChI=1S/C18H21N/c1-3-14-5-4-6-15(11-14)16-9-10-18-17(12-16)8-7-13(2)19-18/h4-6,9-13,19H,3,7-8H2,1-2H3. The molecule has 0 bridgehead atoms. The van der Waals surface area contributed by atoms with Gasteiger partial charge in [-0.3, -0.25) is 0 Å². The van der Waals surface area contributed by atoms with Gasteiger partial charge in [0, 0.05) is 11.7 Å². The van der Waals surface area contributed by atoms with E-state index in [1.54, 1.807) is 0 Å². The van der Waals surface area contributed by atoms with Crippen molar-refractivity contribution in [1.29, 1.82) is 0 Å². The number of rotatable bonds is 2. The topological polar surface area (TPSA) is 12.0 Å². The van der Waals surface area contributed by atoms with Gasteiger partial charge < -0.3 is 5.32 Å². The maximum Gasteiger partial charge on any atom is 0.0375 e. The summed E-state index contributed by atoms with van der Waals surface area (Å²) in [4.78, 5) is 0. The summed E-state index contributed by atoms with van der Waals surface area (Å²) < 4.78 is 0. The van der Waals surface area contributed by atoms with Crippen molar-refractivity contribution in [1.82, 2.24) is 0 Å². The average Bonchev–Trinajstić information content (AvgIpc) is 2.46. The Morgan fingerprint density at radius 3 is 2.79 bits per heavy atom. The zero-order valence-electron chi connectivity index (χ0n) is 11.7. The number of benzene rings is 2. The summed E-state index contributed by atoms with van der Waals surface area (Å²) in [5, 5.41) is 3.56. The Morgan fingerprint density at radius 1 is 1.11 bits per heavy atom. The number of aryl methyl sites for hydroxylation is 2. The Balaban J connectivity index is 1.97. The van der Waals surface area contributed by atoms with Crippen LogP contribution in [0, 0.1) is 0 Å². The van der Waals surface area contributed by atoms with Crippen LogP contribution in [0.2, 0.25) is 0 Å². The van der Waals surface area contributed by atoms with Gasteiger partial charge in [0.1, 0.15) is 0 Å². The van der Waals surface area contributed by atoms with Crippen molar-refractivity contribution in [3.63, 3.8) is 0 Å². The van der Waals surface area contributed by atoms with Crippen LogP contribution in [0.25, 0.3) is 11.1 Å². The maximum absolute atomic E-state index is 3.56. The number of hydrogen-bond acceptors (Lipinski definition) is 1. The normalized spacial score (nSPS) is 17.7. The zero-order chi connectivity index (χ0) is 13.2. The molecule has 0 aromatic heterocycles. The van der Waals surface area contributed by atoms with Gasteiger partial charge >= 0.3 is 0 Å². The molecule has 1 heteroatoms. The summed E-state index contributed by atoms with van der Waals surface area (Å²) in [5.74, 6) is 0. The van der Waals surface area contributed by atoms with E-state index < -0.39 is 0 Å². The van der Waals surface area contributed by atoms with Gasteiger partial charge in [-0.05, 0) is 60.6 Å². The maximum atomic E-state index is 3.56. The van der Waals surface area contributed by atoms with E-state index in [1.807, 2.05) is 0 Å². The molecular weight excluding hydrogens is 230 g/mol. The molecule has 1 atom stereocenters. The minimum absolute atomic E-state index is 0.599. The van der Waals surface area contributed by atoms with Crippen LogP contribution in [0.15, 0.2) is 42.5 Å². The minimum atomic E-state index is 0.599. The van der Waals surface area contributed by atoms with E-state index in [0.717, 1.165) is 6.42 Å². The van der Waals surface area contributed by atoms with Crippen LogP contribution < -0.4 is 5.32 Å². The van der Waals surface area contributed by atoms with Gasteiger partial charge in [0.25, 0.3) is 0 Å². The Labute approximate surface area is 115 Å². The summed E-state index contributed by atoms with van der Waals surface area (Å²) in [6, 6.07) is 16.3. The zero-order valence-corrected chi connectivity index (χ0v) is 11.7. The molecule has 1 aliphatic heterocycles. The van der Waals surface area contributed by atoms with Crippen molar-refractivity contribution >= 4 is 5.69 Å². The van der Waals surface area contributed by atoms with E-state index in [4.69, 9.17) is 0 Å². The number of nitrogens with one attached hydrogen (secondary N) is 1. The molecule has 2 aromatic rings. The first kappa shape index (κ1) is 12.3. The van der Waals surface area contributed by atoms with Crippen LogP contribution in [0.3, 0.4) is 0 Å². The van der Waals surface area contributed by atoms with Crippen molar-refractivity contribution in [2.75, 3.05) is 5.32 Å². The first-order valence-electron chi connectivity index (χ1n) is 7.25. The highest BCUT2D eigenvalue weighted by molar-refractivity contribution is 5.69. The predicted octanol–water partition coefficient (Wildman–Crippen LogP) is 4.66. The Hall–Kier alpha value is -1.76. The summed E-state index contributed by atoms with van der Waals surface area (Å²) in [6.07, 6.45) is 3.51. The Morgan fingerprint density at radius 2 is 1.95 bits per heavy atom. The SMILES string of the molecule is CCc1cccc(-c2ccc3c(c2)CCC(C)N3)c1. The minimum Gasteiger partial charge on any atom is -0.382 e. The molecule has 19 heavy (non-hydrogen) atoms. The lowest BCUT2D eigenvalue weighted by Crippen LogP contribution is -2.21. The van der Waals surface area contributed by atoms with Crippen LogP contribution >= 0.6 is 0 Å². The lowest BCUT2D eigenvalue weighted by molar-refractivity contribution is 0.681. The highest BCUT2D eigenvalue weighted by Gasteiger charge is 2.14. The second-order valence-electron chi connectivity index (χ2n) is 5.51. The highest BCUT2D eigenvalue weighted by Crippen LogP contribution is 2.30. The van der Waals surface area contributed by atoms with E-state index in [0.29, 0.717) is 6.04 Å². The molecule has 0 saturated heterocycles. The van der Waals surface area contributed by atoms with Crippen LogP contribution in [-0.4, -0.2) is 6.04 Å². The third-order valence-corrected chi connectivity index (χ3v) is 4.02. The molecule has 0 fully saturated rings. The first-order valence-corrected chi connectivity index (χ1v) is 7.25. The quantitative estimate of drug-likeness (QED) is 0.818. The van der Waals surface area contributed by atoms with Crippen molar-refractivity contribution in [2.24, 2.45) is 0 Å². The molecule has 2 aromatic carbocycles. The molecule has 98 valence electrons. The number of anilines is 1. The second-order valence-corrected chi connectivity index (χ2v) is 5.51. The van der Waals surface area contributed by atoms with Crippen LogP contribution in [0.5, 0.6) is 0 Å². The summed E-state index contributed by atoms with van der Waals surface area (Å²) >= 11 is 0. The van der Waals surface area contributed by atoms with E-state index in [2.05, 4.69) is 61.6 Å². The smallest absolute Gasteiger partial charge is 0.0375 e. The Kier molecular flexibility index (Phi) is 3.29. The molecular formula is C18H21N. The predicted molar refractivity (Wildman–Crippen MR) is 82.7 cm³/mol. The van der Waals surface area contributed by atoms with Gasteiger partial charge in [-0.15, -0.1) is 0 Å². The largest absolute Gasteiger partial charge is 0.382 e. The lowest BCUT2D eigenvalue weighted by atomic mass is 9.94. The molecule has 3 rings (SSSR count). The third-order valence-electron chi connectivity index (χ3n) is 4.02. The van der Waals surface area contributed by atoms with Crippen LogP contribution in [-0.2, 0) is 12.8 Å². The summed E-state index contributed by atoms with van der Waals surface area (Å²) in [5.41, 5.74) is 6.85. The summed E-state index contributed by atoms with van der Waals surface area (Å²) in [7, 11) is 0. The second kappa shape index (κ2) is 5.08. The van der Waals surface area contributed by atoms with Gasteiger partial charge in [0.2, 0.25) is 0 Å². The fourth-order valence-corrected chi connectivity index (χ4v) is 2.80. The van der Waals surface area contributed by atoms with Crippen molar-refractivity contribution in [2.45, 2.75) is 39.2 Å². The van der Waals surface area contributed by atoms with E-state index in [-0.39, 0.29) is 0 Å². The van der Waals surface area contributed by atoms with Gasteiger partial charge in [0.05, 0.1) is 0 Å². The summed E-state index contributed by atoms with van der Waals surface area (Å²) in [6.45, 7) is 4.46. The Bertz CT molecular complexity index is 586. The molecule has 0 saturated carbocycles. The molecule has 1 aliphatic rings.